The predicted molar refractivity (Wildman–Crippen MR) is 92.2 cm³/mol. The number of hydrogen-bond acceptors (Lipinski definition) is 3. The van der Waals surface area contributed by atoms with E-state index in [1.807, 2.05) is 0 Å². The van der Waals surface area contributed by atoms with E-state index >= 15 is 0 Å². The third kappa shape index (κ3) is 4.55. The SMILES string of the molecule is COCCOc1ccc(-c2ccc(Br)c(=O)n2CC(F)F)c(Cl)c1. The summed E-state index contributed by atoms with van der Waals surface area (Å²) in [7, 11) is 1.56. The van der Waals surface area contributed by atoms with Gasteiger partial charge in [0.05, 0.1) is 28.3 Å². The summed E-state index contributed by atoms with van der Waals surface area (Å²) in [5.74, 6) is 0.528. The van der Waals surface area contributed by atoms with E-state index in [0.717, 1.165) is 4.57 Å². The fraction of sp³-hybridized carbons (Fsp3) is 0.312. The first-order chi connectivity index (χ1) is 11.4. The van der Waals surface area contributed by atoms with Gasteiger partial charge in [0.15, 0.2) is 0 Å². The van der Waals surface area contributed by atoms with Crippen molar-refractivity contribution in [1.29, 1.82) is 0 Å². The molecule has 1 aromatic heterocycles. The Hall–Kier alpha value is -1.44. The molecular formula is C16H15BrClF2NO3. The van der Waals surface area contributed by atoms with E-state index in [4.69, 9.17) is 21.1 Å². The molecule has 0 fully saturated rings. The number of pyridine rings is 1. The number of methoxy groups -OCH3 is 1. The van der Waals surface area contributed by atoms with Crippen LogP contribution >= 0.6 is 27.5 Å². The zero-order valence-corrected chi connectivity index (χ0v) is 15.1. The van der Waals surface area contributed by atoms with Gasteiger partial charge >= 0.3 is 0 Å². The molecule has 0 spiro atoms. The zero-order valence-electron chi connectivity index (χ0n) is 12.8. The van der Waals surface area contributed by atoms with Crippen LogP contribution in [0.25, 0.3) is 11.3 Å². The molecule has 24 heavy (non-hydrogen) atoms. The number of benzene rings is 1. The van der Waals surface area contributed by atoms with Crippen LogP contribution in [0.2, 0.25) is 5.02 Å². The molecule has 0 saturated heterocycles. The van der Waals surface area contributed by atoms with Crippen molar-refractivity contribution in [3.63, 3.8) is 0 Å². The van der Waals surface area contributed by atoms with Gasteiger partial charge in [0, 0.05) is 12.7 Å². The summed E-state index contributed by atoms with van der Waals surface area (Å²) in [5.41, 5.74) is 0.252. The van der Waals surface area contributed by atoms with E-state index in [2.05, 4.69) is 15.9 Å². The number of rotatable bonds is 7. The lowest BCUT2D eigenvalue weighted by atomic mass is 10.1. The van der Waals surface area contributed by atoms with Crippen LogP contribution in [0.5, 0.6) is 5.75 Å². The second-order valence-electron chi connectivity index (χ2n) is 4.86. The van der Waals surface area contributed by atoms with E-state index in [1.165, 1.54) is 6.07 Å². The first kappa shape index (κ1) is 18.9. The summed E-state index contributed by atoms with van der Waals surface area (Å²) < 4.78 is 37.2. The Balaban J connectivity index is 2.41. The summed E-state index contributed by atoms with van der Waals surface area (Å²) in [6, 6.07) is 7.95. The summed E-state index contributed by atoms with van der Waals surface area (Å²) in [5, 5.41) is 0.301. The van der Waals surface area contributed by atoms with Crippen LogP contribution in [0.15, 0.2) is 39.6 Å². The van der Waals surface area contributed by atoms with Crippen molar-refractivity contribution < 1.29 is 18.3 Å². The highest BCUT2D eigenvalue weighted by Gasteiger charge is 2.16. The highest BCUT2D eigenvalue weighted by molar-refractivity contribution is 9.10. The van der Waals surface area contributed by atoms with Crippen LogP contribution in [0.3, 0.4) is 0 Å². The van der Waals surface area contributed by atoms with Crippen molar-refractivity contribution in [2.24, 2.45) is 0 Å². The van der Waals surface area contributed by atoms with Gasteiger partial charge in [-0.25, -0.2) is 8.78 Å². The smallest absolute Gasteiger partial charge is 0.265 e. The summed E-state index contributed by atoms with van der Waals surface area (Å²) >= 11 is 9.32. The first-order valence-corrected chi connectivity index (χ1v) is 8.20. The zero-order chi connectivity index (χ0) is 17.7. The second kappa shape index (κ2) is 8.60. The van der Waals surface area contributed by atoms with Gasteiger partial charge in [0.1, 0.15) is 12.4 Å². The number of halogens is 4. The van der Waals surface area contributed by atoms with Crippen LogP contribution in [0, 0.1) is 0 Å². The molecule has 0 saturated carbocycles. The molecule has 1 aromatic carbocycles. The van der Waals surface area contributed by atoms with E-state index in [0.29, 0.717) is 35.2 Å². The number of nitrogens with zero attached hydrogens (tertiary/aromatic N) is 1. The van der Waals surface area contributed by atoms with Crippen LogP contribution in [-0.2, 0) is 11.3 Å². The minimum absolute atomic E-state index is 0.211. The lowest BCUT2D eigenvalue weighted by Gasteiger charge is -2.15. The van der Waals surface area contributed by atoms with Crippen molar-refractivity contribution >= 4 is 27.5 Å². The fourth-order valence-electron chi connectivity index (χ4n) is 2.14. The summed E-state index contributed by atoms with van der Waals surface area (Å²) in [6.07, 6.45) is -2.66. The maximum absolute atomic E-state index is 12.8. The van der Waals surface area contributed by atoms with Crippen molar-refractivity contribution in [3.05, 3.63) is 50.2 Å². The fourth-order valence-corrected chi connectivity index (χ4v) is 2.76. The molecule has 0 N–H and O–H groups in total. The Bertz CT molecular complexity index is 767. The first-order valence-electron chi connectivity index (χ1n) is 7.03. The van der Waals surface area contributed by atoms with Crippen molar-refractivity contribution in [2.45, 2.75) is 13.0 Å². The Morgan fingerprint density at radius 3 is 2.62 bits per heavy atom. The van der Waals surface area contributed by atoms with Gasteiger partial charge in [-0.1, -0.05) is 11.6 Å². The minimum Gasteiger partial charge on any atom is -0.491 e. The molecule has 1 heterocycles. The Kier molecular flexibility index (Phi) is 6.77. The molecule has 0 aliphatic carbocycles. The molecule has 0 unspecified atom stereocenters. The number of aromatic nitrogens is 1. The van der Waals surface area contributed by atoms with Crippen LogP contribution in [-0.4, -0.2) is 31.3 Å². The van der Waals surface area contributed by atoms with Gasteiger partial charge in [0.2, 0.25) is 0 Å². The van der Waals surface area contributed by atoms with Gasteiger partial charge in [-0.3, -0.25) is 4.79 Å². The Morgan fingerprint density at radius 1 is 1.25 bits per heavy atom. The van der Waals surface area contributed by atoms with Gasteiger partial charge in [-0.15, -0.1) is 0 Å². The molecule has 130 valence electrons. The average molecular weight is 423 g/mol. The molecule has 0 radical (unpaired) electrons. The predicted octanol–water partition coefficient (Wildman–Crippen LogP) is 4.22. The van der Waals surface area contributed by atoms with Crippen molar-refractivity contribution in [3.8, 4) is 17.0 Å². The highest BCUT2D eigenvalue weighted by Crippen LogP contribution is 2.31. The molecule has 4 nitrogen and oxygen atoms in total. The Labute approximate surface area is 151 Å². The number of alkyl halides is 2. The third-order valence-electron chi connectivity index (χ3n) is 3.22. The van der Waals surface area contributed by atoms with Crippen LogP contribution < -0.4 is 10.3 Å². The lowest BCUT2D eigenvalue weighted by molar-refractivity contribution is 0.126. The number of hydrogen-bond donors (Lipinski definition) is 0. The van der Waals surface area contributed by atoms with E-state index in [1.54, 1.807) is 31.4 Å². The van der Waals surface area contributed by atoms with Crippen molar-refractivity contribution in [2.75, 3.05) is 20.3 Å². The quantitative estimate of drug-likeness (QED) is 0.627. The average Bonchev–Trinajstić information content (AvgIpc) is 2.53. The summed E-state index contributed by atoms with van der Waals surface area (Å²) in [4.78, 5) is 12.2. The maximum atomic E-state index is 12.8. The number of ether oxygens (including phenoxy) is 2. The molecule has 0 bridgehead atoms. The summed E-state index contributed by atoms with van der Waals surface area (Å²) in [6.45, 7) is 0.0799. The van der Waals surface area contributed by atoms with E-state index in [9.17, 15) is 13.6 Å². The molecule has 8 heteroatoms. The topological polar surface area (TPSA) is 40.5 Å². The standard InChI is InChI=1S/C16H15BrClF2NO3/c1-23-6-7-24-10-2-3-11(13(18)8-10)14-5-4-12(17)16(22)21(14)9-15(19)20/h2-5,8,15H,6-7,9H2,1H3. The molecular weight excluding hydrogens is 408 g/mol. The molecule has 0 aliphatic heterocycles. The highest BCUT2D eigenvalue weighted by atomic mass is 79.9. The largest absolute Gasteiger partial charge is 0.491 e. The molecule has 2 rings (SSSR count). The molecule has 2 aromatic rings. The second-order valence-corrected chi connectivity index (χ2v) is 6.12. The third-order valence-corrected chi connectivity index (χ3v) is 4.14. The molecule has 0 aliphatic rings. The van der Waals surface area contributed by atoms with Gasteiger partial charge in [0.25, 0.3) is 12.0 Å². The van der Waals surface area contributed by atoms with Gasteiger partial charge in [-0.2, -0.15) is 0 Å². The lowest BCUT2D eigenvalue weighted by Crippen LogP contribution is -2.25. The van der Waals surface area contributed by atoms with Gasteiger partial charge < -0.3 is 14.0 Å². The van der Waals surface area contributed by atoms with Gasteiger partial charge in [-0.05, 0) is 46.3 Å². The molecule has 0 amide bonds. The van der Waals surface area contributed by atoms with Crippen LogP contribution in [0.4, 0.5) is 8.78 Å². The minimum atomic E-state index is -2.66. The Morgan fingerprint density at radius 2 is 2.00 bits per heavy atom. The normalized spacial score (nSPS) is 11.1. The monoisotopic (exact) mass is 421 g/mol. The molecule has 0 atom stereocenters. The van der Waals surface area contributed by atoms with E-state index < -0.39 is 18.5 Å². The van der Waals surface area contributed by atoms with Crippen LogP contribution in [0.1, 0.15) is 0 Å². The van der Waals surface area contributed by atoms with E-state index in [-0.39, 0.29) is 4.47 Å². The maximum Gasteiger partial charge on any atom is 0.265 e. The van der Waals surface area contributed by atoms with Crippen molar-refractivity contribution in [1.82, 2.24) is 4.57 Å².